The highest BCUT2D eigenvalue weighted by Gasteiger charge is 1.98. The molecule has 0 unspecified atom stereocenters. The molecule has 0 heterocycles. The molecule has 0 aromatic carbocycles. The van der Waals surface area contributed by atoms with E-state index in [1.165, 1.54) is 0 Å². The Labute approximate surface area is 91.5 Å². The second kappa shape index (κ2) is 6.85. The van der Waals surface area contributed by atoms with Crippen molar-refractivity contribution >= 4 is 43.8 Å². The first-order chi connectivity index (χ1) is 6.06. The van der Waals surface area contributed by atoms with E-state index in [-0.39, 0.29) is 6.61 Å². The zero-order chi connectivity index (χ0) is 10.3. The summed E-state index contributed by atoms with van der Waals surface area (Å²) in [5, 5.41) is 8.16. The smallest absolute Gasteiger partial charge is 0.331 e. The Morgan fingerprint density at radius 3 is 2.46 bits per heavy atom. The standard InChI is InChI=1S/C7H6Br2O4/c8-3-5(9)4-13-7(12)2-1-6(10)11/h1-3H,4H2,(H,10,11)/b2-1-,5-3?. The summed E-state index contributed by atoms with van der Waals surface area (Å²) in [6.45, 7) is 0.0635. The number of carboxylic acid groups (broad SMARTS) is 1. The fraction of sp³-hybridized carbons (Fsp3) is 0.143. The van der Waals surface area contributed by atoms with E-state index in [1.807, 2.05) is 0 Å². The van der Waals surface area contributed by atoms with Crippen molar-refractivity contribution in [2.45, 2.75) is 0 Å². The van der Waals surface area contributed by atoms with Crippen LogP contribution in [0.5, 0.6) is 0 Å². The van der Waals surface area contributed by atoms with Gasteiger partial charge in [0.2, 0.25) is 0 Å². The Morgan fingerprint density at radius 1 is 1.38 bits per heavy atom. The fourth-order valence-electron chi connectivity index (χ4n) is 0.359. The average Bonchev–Trinajstić information content (AvgIpc) is 2.10. The number of carbonyl (C=O) groups excluding carboxylic acids is 1. The molecule has 0 radical (unpaired) electrons. The van der Waals surface area contributed by atoms with E-state index in [1.54, 1.807) is 4.99 Å². The summed E-state index contributed by atoms with van der Waals surface area (Å²) >= 11 is 6.10. The third kappa shape index (κ3) is 7.73. The zero-order valence-corrected chi connectivity index (χ0v) is 9.54. The van der Waals surface area contributed by atoms with E-state index in [0.717, 1.165) is 6.08 Å². The summed E-state index contributed by atoms with van der Waals surface area (Å²) < 4.78 is 5.25. The van der Waals surface area contributed by atoms with E-state index in [2.05, 4.69) is 36.6 Å². The van der Waals surface area contributed by atoms with Crippen LogP contribution in [0, 0.1) is 0 Å². The van der Waals surface area contributed by atoms with Gasteiger partial charge in [-0.05, 0) is 4.99 Å². The number of hydrogen-bond donors (Lipinski definition) is 1. The molecular weight excluding hydrogens is 308 g/mol. The van der Waals surface area contributed by atoms with Crippen LogP contribution < -0.4 is 0 Å². The van der Waals surface area contributed by atoms with Crippen LogP contribution in [0.2, 0.25) is 0 Å². The van der Waals surface area contributed by atoms with Crippen LogP contribution in [-0.4, -0.2) is 23.7 Å². The molecule has 0 saturated carbocycles. The molecule has 0 aliphatic heterocycles. The molecule has 0 aromatic heterocycles. The molecule has 4 nitrogen and oxygen atoms in total. The van der Waals surface area contributed by atoms with Crippen LogP contribution in [0.4, 0.5) is 0 Å². The summed E-state index contributed by atoms with van der Waals surface area (Å²) in [6, 6.07) is 0. The summed E-state index contributed by atoms with van der Waals surface area (Å²) in [5.41, 5.74) is 0. The van der Waals surface area contributed by atoms with Gasteiger partial charge in [0.15, 0.2) is 0 Å². The van der Waals surface area contributed by atoms with E-state index < -0.39 is 11.9 Å². The van der Waals surface area contributed by atoms with Gasteiger partial charge in [0.25, 0.3) is 0 Å². The lowest BCUT2D eigenvalue weighted by atomic mass is 10.5. The topological polar surface area (TPSA) is 63.6 Å². The molecule has 0 aliphatic rings. The van der Waals surface area contributed by atoms with Crippen molar-refractivity contribution in [2.75, 3.05) is 6.61 Å². The van der Waals surface area contributed by atoms with Crippen molar-refractivity contribution in [3.63, 3.8) is 0 Å². The quantitative estimate of drug-likeness (QED) is 0.635. The van der Waals surface area contributed by atoms with Gasteiger partial charge in [-0.2, -0.15) is 0 Å². The van der Waals surface area contributed by atoms with Gasteiger partial charge in [-0.25, -0.2) is 9.59 Å². The number of halogens is 2. The van der Waals surface area contributed by atoms with Crippen LogP contribution in [0.25, 0.3) is 0 Å². The molecule has 72 valence electrons. The van der Waals surface area contributed by atoms with Crippen LogP contribution in [-0.2, 0) is 14.3 Å². The SMILES string of the molecule is O=C(O)/C=C\C(=O)OCC(Br)=CBr. The molecule has 0 aromatic rings. The Morgan fingerprint density at radius 2 is 2.00 bits per heavy atom. The second-order valence-corrected chi connectivity index (χ2v) is 3.31. The predicted molar refractivity (Wildman–Crippen MR) is 53.7 cm³/mol. The van der Waals surface area contributed by atoms with Gasteiger partial charge in [0.05, 0.1) is 0 Å². The molecular formula is C7H6Br2O4. The van der Waals surface area contributed by atoms with Gasteiger partial charge < -0.3 is 9.84 Å². The number of esters is 1. The minimum Gasteiger partial charge on any atom is -0.478 e. The van der Waals surface area contributed by atoms with Gasteiger partial charge >= 0.3 is 11.9 Å². The molecule has 13 heavy (non-hydrogen) atoms. The molecule has 0 aliphatic carbocycles. The molecule has 0 spiro atoms. The largest absolute Gasteiger partial charge is 0.478 e. The Balaban J connectivity index is 3.83. The second-order valence-electron chi connectivity index (χ2n) is 1.84. The average molecular weight is 314 g/mol. The van der Waals surface area contributed by atoms with Crippen molar-refractivity contribution in [3.05, 3.63) is 21.6 Å². The number of rotatable bonds is 4. The van der Waals surface area contributed by atoms with Crippen LogP contribution in [0.3, 0.4) is 0 Å². The molecule has 0 amide bonds. The van der Waals surface area contributed by atoms with Crippen molar-refractivity contribution in [3.8, 4) is 0 Å². The van der Waals surface area contributed by atoms with Gasteiger partial charge in [0, 0.05) is 16.6 Å². The first kappa shape index (κ1) is 12.4. The third-order valence-corrected chi connectivity index (χ3v) is 2.46. The van der Waals surface area contributed by atoms with E-state index >= 15 is 0 Å². The molecule has 0 bridgehead atoms. The van der Waals surface area contributed by atoms with Crippen LogP contribution in [0.1, 0.15) is 0 Å². The normalized spacial score (nSPS) is 11.7. The van der Waals surface area contributed by atoms with Crippen LogP contribution >= 0.6 is 31.9 Å². The van der Waals surface area contributed by atoms with Crippen molar-refractivity contribution in [1.29, 1.82) is 0 Å². The summed E-state index contributed by atoms with van der Waals surface area (Å²) in [5.74, 6) is -1.89. The lowest BCUT2D eigenvalue weighted by Crippen LogP contribution is -2.03. The van der Waals surface area contributed by atoms with Crippen LogP contribution in [0.15, 0.2) is 21.6 Å². The van der Waals surface area contributed by atoms with Crippen molar-refractivity contribution in [2.24, 2.45) is 0 Å². The maximum absolute atomic E-state index is 10.7. The predicted octanol–water partition coefficient (Wildman–Crippen LogP) is 1.80. The number of aliphatic carboxylic acids is 1. The lowest BCUT2D eigenvalue weighted by molar-refractivity contribution is -0.137. The number of ether oxygens (including phenoxy) is 1. The van der Waals surface area contributed by atoms with Crippen molar-refractivity contribution in [1.82, 2.24) is 0 Å². The van der Waals surface area contributed by atoms with Gasteiger partial charge in [0.1, 0.15) is 6.61 Å². The maximum atomic E-state index is 10.7. The first-order valence-corrected chi connectivity index (χ1v) is 4.79. The Kier molecular flexibility index (Phi) is 6.52. The highest BCUT2D eigenvalue weighted by molar-refractivity contribution is 9.14. The van der Waals surface area contributed by atoms with Gasteiger partial charge in [-0.15, -0.1) is 0 Å². The Bertz CT molecular complexity index is 257. The number of hydrogen-bond acceptors (Lipinski definition) is 3. The number of carbonyl (C=O) groups is 2. The molecule has 6 heteroatoms. The highest BCUT2D eigenvalue weighted by Crippen LogP contribution is 2.07. The molecule has 0 atom stereocenters. The molecule has 0 saturated heterocycles. The fourth-order valence-corrected chi connectivity index (χ4v) is 0.606. The lowest BCUT2D eigenvalue weighted by Gasteiger charge is -1.98. The highest BCUT2D eigenvalue weighted by atomic mass is 79.9. The minimum absolute atomic E-state index is 0.0635. The third-order valence-electron chi connectivity index (χ3n) is 0.833. The van der Waals surface area contributed by atoms with Crippen molar-refractivity contribution < 1.29 is 19.4 Å². The zero-order valence-electron chi connectivity index (χ0n) is 6.37. The van der Waals surface area contributed by atoms with Gasteiger partial charge in [-0.3, -0.25) is 0 Å². The first-order valence-electron chi connectivity index (χ1n) is 3.08. The summed E-state index contributed by atoms with van der Waals surface area (Å²) in [6.07, 6.45) is 1.56. The van der Waals surface area contributed by atoms with E-state index in [4.69, 9.17) is 5.11 Å². The van der Waals surface area contributed by atoms with Gasteiger partial charge in [-0.1, -0.05) is 31.9 Å². The molecule has 1 N–H and O–H groups in total. The summed E-state index contributed by atoms with van der Waals surface area (Å²) in [4.78, 5) is 22.3. The minimum atomic E-state index is -1.19. The number of carboxylic acids is 1. The maximum Gasteiger partial charge on any atom is 0.331 e. The molecule has 0 fully saturated rings. The molecule has 0 rings (SSSR count). The Hall–Kier alpha value is -0.620. The van der Waals surface area contributed by atoms with E-state index in [0.29, 0.717) is 10.6 Å². The van der Waals surface area contributed by atoms with E-state index in [9.17, 15) is 9.59 Å². The summed E-state index contributed by atoms with van der Waals surface area (Å²) in [7, 11) is 0. The monoisotopic (exact) mass is 312 g/mol.